The standard InChI is InChI=1S/C12H21N5O2/c1-3-13-10-15-11(17-12(16-10)19-2)14-7-8-5-4-6-9(8)18/h8-9,18H,3-7H2,1-2H3,(H2,13,14,15,16,17). The molecule has 1 aliphatic carbocycles. The Morgan fingerprint density at radius 3 is 2.53 bits per heavy atom. The normalized spacial score (nSPS) is 22.3. The smallest absolute Gasteiger partial charge is 0.322 e. The summed E-state index contributed by atoms with van der Waals surface area (Å²) in [7, 11) is 1.52. The van der Waals surface area contributed by atoms with Crippen molar-refractivity contribution in [1.29, 1.82) is 0 Å². The number of methoxy groups -OCH3 is 1. The number of rotatable bonds is 6. The molecule has 2 atom stereocenters. The van der Waals surface area contributed by atoms with E-state index in [1.54, 1.807) is 0 Å². The third-order valence-electron chi connectivity index (χ3n) is 3.27. The van der Waals surface area contributed by atoms with Gasteiger partial charge in [-0.3, -0.25) is 0 Å². The summed E-state index contributed by atoms with van der Waals surface area (Å²) in [5, 5.41) is 16.0. The molecule has 0 radical (unpaired) electrons. The second-order valence-corrected chi connectivity index (χ2v) is 4.64. The number of aromatic nitrogens is 3. The van der Waals surface area contributed by atoms with Crippen molar-refractivity contribution in [2.24, 2.45) is 5.92 Å². The van der Waals surface area contributed by atoms with Crippen LogP contribution in [0.3, 0.4) is 0 Å². The summed E-state index contributed by atoms with van der Waals surface area (Å²) < 4.78 is 5.04. The van der Waals surface area contributed by atoms with Gasteiger partial charge >= 0.3 is 6.01 Å². The molecule has 0 saturated heterocycles. The van der Waals surface area contributed by atoms with Crippen LogP contribution >= 0.6 is 0 Å². The van der Waals surface area contributed by atoms with Crippen molar-refractivity contribution < 1.29 is 9.84 Å². The lowest BCUT2D eigenvalue weighted by atomic mass is 10.1. The van der Waals surface area contributed by atoms with Crippen LogP contribution in [0, 0.1) is 5.92 Å². The Bertz CT molecular complexity index is 415. The molecule has 1 saturated carbocycles. The number of aliphatic hydroxyl groups excluding tert-OH is 1. The van der Waals surface area contributed by atoms with Gasteiger partial charge in [-0.2, -0.15) is 15.0 Å². The molecule has 0 amide bonds. The zero-order chi connectivity index (χ0) is 13.7. The second kappa shape index (κ2) is 6.51. The fourth-order valence-electron chi connectivity index (χ4n) is 2.24. The molecule has 2 unspecified atom stereocenters. The minimum absolute atomic E-state index is 0.218. The van der Waals surface area contributed by atoms with Crippen LogP contribution in [0.5, 0.6) is 6.01 Å². The first-order valence-corrected chi connectivity index (χ1v) is 6.68. The molecule has 2 rings (SSSR count). The summed E-state index contributed by atoms with van der Waals surface area (Å²) in [4.78, 5) is 12.5. The van der Waals surface area contributed by atoms with E-state index in [0.29, 0.717) is 18.4 Å². The van der Waals surface area contributed by atoms with Crippen LogP contribution in [0.2, 0.25) is 0 Å². The van der Waals surface area contributed by atoms with Crippen LogP contribution in [0.1, 0.15) is 26.2 Å². The maximum absolute atomic E-state index is 9.78. The number of ether oxygens (including phenoxy) is 1. The average Bonchev–Trinajstić information content (AvgIpc) is 2.82. The Morgan fingerprint density at radius 1 is 1.21 bits per heavy atom. The third-order valence-corrected chi connectivity index (χ3v) is 3.27. The van der Waals surface area contributed by atoms with Crippen LogP contribution in [0.4, 0.5) is 11.9 Å². The quantitative estimate of drug-likeness (QED) is 0.704. The molecule has 1 heterocycles. The van der Waals surface area contributed by atoms with Gasteiger partial charge in [0.2, 0.25) is 11.9 Å². The van der Waals surface area contributed by atoms with Crippen molar-refractivity contribution in [3.63, 3.8) is 0 Å². The summed E-state index contributed by atoms with van der Waals surface area (Å²) in [5.74, 6) is 1.23. The Labute approximate surface area is 112 Å². The zero-order valence-electron chi connectivity index (χ0n) is 11.4. The molecule has 1 aliphatic rings. The highest BCUT2D eigenvalue weighted by Crippen LogP contribution is 2.25. The van der Waals surface area contributed by atoms with Crippen molar-refractivity contribution in [2.75, 3.05) is 30.8 Å². The van der Waals surface area contributed by atoms with Crippen LogP contribution in [-0.4, -0.2) is 46.4 Å². The molecule has 1 aromatic rings. The van der Waals surface area contributed by atoms with Crippen LogP contribution in [-0.2, 0) is 0 Å². The van der Waals surface area contributed by atoms with E-state index in [-0.39, 0.29) is 18.0 Å². The fourth-order valence-corrected chi connectivity index (χ4v) is 2.24. The molecule has 0 aromatic carbocycles. The monoisotopic (exact) mass is 267 g/mol. The Kier molecular flexibility index (Phi) is 4.73. The van der Waals surface area contributed by atoms with E-state index in [1.165, 1.54) is 7.11 Å². The fraction of sp³-hybridized carbons (Fsp3) is 0.750. The molecule has 106 valence electrons. The van der Waals surface area contributed by atoms with Gasteiger partial charge in [-0.05, 0) is 19.8 Å². The van der Waals surface area contributed by atoms with Gasteiger partial charge in [-0.25, -0.2) is 0 Å². The number of hydrogen-bond donors (Lipinski definition) is 3. The number of hydrogen-bond acceptors (Lipinski definition) is 7. The lowest BCUT2D eigenvalue weighted by molar-refractivity contribution is 0.138. The zero-order valence-corrected chi connectivity index (χ0v) is 11.4. The van der Waals surface area contributed by atoms with Gasteiger partial charge in [0, 0.05) is 19.0 Å². The number of nitrogens with one attached hydrogen (secondary N) is 2. The molecule has 1 aromatic heterocycles. The molecule has 19 heavy (non-hydrogen) atoms. The highest BCUT2D eigenvalue weighted by molar-refractivity contribution is 5.35. The highest BCUT2D eigenvalue weighted by Gasteiger charge is 2.25. The first-order chi connectivity index (χ1) is 9.22. The predicted octanol–water partition coefficient (Wildman–Crippen LogP) is 0.885. The first-order valence-electron chi connectivity index (χ1n) is 6.68. The summed E-state index contributed by atoms with van der Waals surface area (Å²) in [6.45, 7) is 3.37. The van der Waals surface area contributed by atoms with Gasteiger partial charge in [0.05, 0.1) is 13.2 Å². The van der Waals surface area contributed by atoms with Gasteiger partial charge in [0.25, 0.3) is 0 Å². The van der Waals surface area contributed by atoms with E-state index in [9.17, 15) is 5.11 Å². The van der Waals surface area contributed by atoms with E-state index in [1.807, 2.05) is 6.92 Å². The van der Waals surface area contributed by atoms with Crippen molar-refractivity contribution in [3.8, 4) is 6.01 Å². The van der Waals surface area contributed by atoms with Gasteiger partial charge < -0.3 is 20.5 Å². The number of anilines is 2. The molecule has 0 aliphatic heterocycles. The van der Waals surface area contributed by atoms with Crippen molar-refractivity contribution in [1.82, 2.24) is 15.0 Å². The SMILES string of the molecule is CCNc1nc(NCC2CCCC2O)nc(OC)n1. The van der Waals surface area contributed by atoms with Gasteiger partial charge in [0.15, 0.2) is 0 Å². The van der Waals surface area contributed by atoms with Crippen LogP contribution in [0.15, 0.2) is 0 Å². The summed E-state index contributed by atoms with van der Waals surface area (Å²) in [6, 6.07) is 0.278. The lowest BCUT2D eigenvalue weighted by Gasteiger charge is -2.15. The van der Waals surface area contributed by atoms with Crippen LogP contribution in [0.25, 0.3) is 0 Å². The topological polar surface area (TPSA) is 92.2 Å². The van der Waals surface area contributed by atoms with E-state index in [0.717, 1.165) is 25.8 Å². The second-order valence-electron chi connectivity index (χ2n) is 4.64. The average molecular weight is 267 g/mol. The summed E-state index contributed by atoms with van der Waals surface area (Å²) >= 11 is 0. The van der Waals surface area contributed by atoms with Crippen LogP contribution < -0.4 is 15.4 Å². The Morgan fingerprint density at radius 2 is 1.95 bits per heavy atom. The predicted molar refractivity (Wildman–Crippen MR) is 72.4 cm³/mol. The van der Waals surface area contributed by atoms with E-state index < -0.39 is 0 Å². The molecule has 1 fully saturated rings. The highest BCUT2D eigenvalue weighted by atomic mass is 16.5. The van der Waals surface area contributed by atoms with Gasteiger partial charge in [-0.1, -0.05) is 6.42 Å². The lowest BCUT2D eigenvalue weighted by Crippen LogP contribution is -2.23. The first kappa shape index (κ1) is 13.8. The number of nitrogens with zero attached hydrogens (tertiary/aromatic N) is 3. The molecule has 3 N–H and O–H groups in total. The van der Waals surface area contributed by atoms with Crippen molar-refractivity contribution in [2.45, 2.75) is 32.3 Å². The molecular weight excluding hydrogens is 246 g/mol. The van der Waals surface area contributed by atoms with E-state index in [4.69, 9.17) is 4.74 Å². The summed E-state index contributed by atoms with van der Waals surface area (Å²) in [5.41, 5.74) is 0. The Balaban J connectivity index is 2.00. The largest absolute Gasteiger partial charge is 0.467 e. The number of aliphatic hydroxyl groups is 1. The van der Waals surface area contributed by atoms with Crippen molar-refractivity contribution >= 4 is 11.9 Å². The molecule has 7 heteroatoms. The van der Waals surface area contributed by atoms with Crippen molar-refractivity contribution in [3.05, 3.63) is 0 Å². The summed E-state index contributed by atoms with van der Waals surface area (Å²) in [6.07, 6.45) is 2.78. The van der Waals surface area contributed by atoms with E-state index >= 15 is 0 Å². The molecule has 0 spiro atoms. The molecule has 7 nitrogen and oxygen atoms in total. The Hall–Kier alpha value is -1.63. The third kappa shape index (κ3) is 3.66. The maximum atomic E-state index is 9.78. The van der Waals surface area contributed by atoms with Gasteiger partial charge in [0.1, 0.15) is 0 Å². The minimum Gasteiger partial charge on any atom is -0.467 e. The van der Waals surface area contributed by atoms with Gasteiger partial charge in [-0.15, -0.1) is 0 Å². The maximum Gasteiger partial charge on any atom is 0.322 e. The van der Waals surface area contributed by atoms with E-state index in [2.05, 4.69) is 25.6 Å². The minimum atomic E-state index is -0.218. The molecule has 0 bridgehead atoms. The molecular formula is C12H21N5O2.